The zero-order valence-electron chi connectivity index (χ0n) is 12.0. The Morgan fingerprint density at radius 2 is 2.00 bits per heavy atom. The highest BCUT2D eigenvalue weighted by Crippen LogP contribution is 2.27. The van der Waals surface area contributed by atoms with Crippen LogP contribution in [0.15, 0.2) is 30.3 Å². The maximum absolute atomic E-state index is 5.37. The number of rotatable bonds is 5. The van der Waals surface area contributed by atoms with E-state index in [0.717, 1.165) is 12.3 Å². The zero-order valence-corrected chi connectivity index (χ0v) is 12.8. The van der Waals surface area contributed by atoms with Crippen LogP contribution in [0.2, 0.25) is 0 Å². The number of hydrogen-bond donors (Lipinski definition) is 1. The predicted molar refractivity (Wildman–Crippen MR) is 82.0 cm³/mol. The second-order valence-electron chi connectivity index (χ2n) is 4.78. The van der Waals surface area contributed by atoms with Gasteiger partial charge in [-0.1, -0.05) is 18.2 Å². The Balaban J connectivity index is 2.04. The van der Waals surface area contributed by atoms with Gasteiger partial charge in [0.2, 0.25) is 0 Å². The summed E-state index contributed by atoms with van der Waals surface area (Å²) in [6, 6.07) is 10.8. The summed E-state index contributed by atoms with van der Waals surface area (Å²) in [5.74, 6) is 0.945. The van der Waals surface area contributed by atoms with E-state index in [1.807, 2.05) is 29.5 Å². The molecule has 102 valence electrons. The molecule has 0 aliphatic rings. The van der Waals surface area contributed by atoms with Crippen molar-refractivity contribution in [2.45, 2.75) is 33.4 Å². The molecule has 0 aliphatic carbocycles. The summed E-state index contributed by atoms with van der Waals surface area (Å²) < 4.78 is 5.37. The number of methoxy groups -OCH3 is 1. The van der Waals surface area contributed by atoms with Crippen molar-refractivity contribution in [1.82, 2.24) is 5.32 Å². The summed E-state index contributed by atoms with van der Waals surface area (Å²) in [6.07, 6.45) is 0. The Kier molecular flexibility index (Phi) is 4.61. The van der Waals surface area contributed by atoms with Crippen LogP contribution in [0, 0.1) is 13.8 Å². The van der Waals surface area contributed by atoms with E-state index in [4.69, 9.17) is 4.74 Å². The van der Waals surface area contributed by atoms with Gasteiger partial charge >= 0.3 is 0 Å². The second kappa shape index (κ2) is 6.22. The first-order valence-corrected chi connectivity index (χ1v) is 7.35. The average molecular weight is 275 g/mol. The van der Waals surface area contributed by atoms with E-state index >= 15 is 0 Å². The van der Waals surface area contributed by atoms with Crippen LogP contribution in [0.25, 0.3) is 0 Å². The number of hydrogen-bond acceptors (Lipinski definition) is 3. The van der Waals surface area contributed by atoms with Crippen LogP contribution in [-0.4, -0.2) is 7.11 Å². The molecule has 0 amide bonds. The highest BCUT2D eigenvalue weighted by molar-refractivity contribution is 7.12. The summed E-state index contributed by atoms with van der Waals surface area (Å²) >= 11 is 1.86. The summed E-state index contributed by atoms with van der Waals surface area (Å²) in [6.45, 7) is 7.38. The zero-order chi connectivity index (χ0) is 13.8. The minimum absolute atomic E-state index is 0.356. The molecule has 0 saturated carbocycles. The van der Waals surface area contributed by atoms with Crippen molar-refractivity contribution in [2.75, 3.05) is 7.11 Å². The van der Waals surface area contributed by atoms with Crippen LogP contribution < -0.4 is 10.1 Å². The SMILES string of the molecule is COc1ccccc1CNC(C)c1cc(C)sc1C. The van der Waals surface area contributed by atoms with E-state index in [0.29, 0.717) is 6.04 Å². The lowest BCUT2D eigenvalue weighted by Gasteiger charge is -2.15. The molecule has 0 spiro atoms. The molecular formula is C16H21NOS. The molecule has 2 aromatic rings. The molecule has 19 heavy (non-hydrogen) atoms. The van der Waals surface area contributed by atoms with Gasteiger partial charge in [-0.05, 0) is 38.5 Å². The van der Waals surface area contributed by atoms with Crippen LogP contribution >= 0.6 is 11.3 Å². The van der Waals surface area contributed by atoms with E-state index in [2.05, 4.69) is 38.2 Å². The van der Waals surface area contributed by atoms with Crippen LogP contribution in [0.1, 0.15) is 33.8 Å². The Morgan fingerprint density at radius 3 is 2.63 bits per heavy atom. The Morgan fingerprint density at radius 1 is 1.26 bits per heavy atom. The third-order valence-electron chi connectivity index (χ3n) is 3.34. The van der Waals surface area contributed by atoms with Gasteiger partial charge in [0.15, 0.2) is 0 Å². The van der Waals surface area contributed by atoms with Gasteiger partial charge in [-0.2, -0.15) is 0 Å². The molecule has 2 nitrogen and oxygen atoms in total. The molecule has 3 heteroatoms. The van der Waals surface area contributed by atoms with Crippen LogP contribution in [0.3, 0.4) is 0 Å². The average Bonchev–Trinajstić information content (AvgIpc) is 2.75. The second-order valence-corrected chi connectivity index (χ2v) is 6.24. The third-order valence-corrected chi connectivity index (χ3v) is 4.32. The van der Waals surface area contributed by atoms with Crippen LogP contribution in [0.5, 0.6) is 5.75 Å². The fraction of sp³-hybridized carbons (Fsp3) is 0.375. The van der Waals surface area contributed by atoms with E-state index in [1.165, 1.54) is 20.9 Å². The lowest BCUT2D eigenvalue weighted by Crippen LogP contribution is -2.18. The fourth-order valence-electron chi connectivity index (χ4n) is 2.30. The Bertz CT molecular complexity index is 547. The van der Waals surface area contributed by atoms with E-state index in [-0.39, 0.29) is 0 Å². The molecule has 0 radical (unpaired) electrons. The molecule has 0 bridgehead atoms. The topological polar surface area (TPSA) is 21.3 Å². The standard InChI is InChI=1S/C16H21NOS/c1-11-9-15(13(3)19-11)12(2)17-10-14-7-5-6-8-16(14)18-4/h5-9,12,17H,10H2,1-4H3. The number of para-hydroxylation sites is 1. The van der Waals surface area contributed by atoms with Crippen molar-refractivity contribution < 1.29 is 4.74 Å². The highest BCUT2D eigenvalue weighted by Gasteiger charge is 2.11. The summed E-state index contributed by atoms with van der Waals surface area (Å²) in [5.41, 5.74) is 2.60. The molecule has 1 aromatic heterocycles. The normalized spacial score (nSPS) is 12.4. The molecule has 0 aliphatic heterocycles. The molecule has 1 heterocycles. The molecule has 2 rings (SSSR count). The number of benzene rings is 1. The van der Waals surface area contributed by atoms with Crippen molar-refractivity contribution >= 4 is 11.3 Å². The maximum Gasteiger partial charge on any atom is 0.123 e. The van der Waals surface area contributed by atoms with Gasteiger partial charge in [-0.3, -0.25) is 0 Å². The molecule has 0 saturated heterocycles. The van der Waals surface area contributed by atoms with Crippen molar-refractivity contribution in [1.29, 1.82) is 0 Å². The minimum Gasteiger partial charge on any atom is -0.496 e. The van der Waals surface area contributed by atoms with E-state index in [1.54, 1.807) is 7.11 Å². The van der Waals surface area contributed by atoms with Crippen molar-refractivity contribution in [3.8, 4) is 5.75 Å². The van der Waals surface area contributed by atoms with Crippen molar-refractivity contribution in [3.05, 3.63) is 51.2 Å². The number of aryl methyl sites for hydroxylation is 2. The largest absolute Gasteiger partial charge is 0.496 e. The van der Waals surface area contributed by atoms with Gasteiger partial charge in [0.1, 0.15) is 5.75 Å². The third kappa shape index (κ3) is 3.37. The minimum atomic E-state index is 0.356. The molecule has 1 unspecified atom stereocenters. The van der Waals surface area contributed by atoms with Gasteiger partial charge in [0.05, 0.1) is 7.11 Å². The van der Waals surface area contributed by atoms with E-state index in [9.17, 15) is 0 Å². The van der Waals surface area contributed by atoms with Gasteiger partial charge in [-0.15, -0.1) is 11.3 Å². The predicted octanol–water partition coefficient (Wildman–Crippen LogP) is 4.22. The Labute approximate surface area is 119 Å². The molecule has 1 N–H and O–H groups in total. The van der Waals surface area contributed by atoms with E-state index < -0.39 is 0 Å². The van der Waals surface area contributed by atoms with Crippen LogP contribution in [-0.2, 0) is 6.54 Å². The van der Waals surface area contributed by atoms with Crippen molar-refractivity contribution in [3.63, 3.8) is 0 Å². The summed E-state index contributed by atoms with van der Waals surface area (Å²) in [7, 11) is 1.72. The quantitative estimate of drug-likeness (QED) is 0.882. The number of ether oxygens (including phenoxy) is 1. The van der Waals surface area contributed by atoms with Crippen molar-refractivity contribution in [2.24, 2.45) is 0 Å². The first kappa shape index (κ1) is 14.1. The Hall–Kier alpha value is -1.32. The first-order valence-electron chi connectivity index (χ1n) is 6.54. The molecular weight excluding hydrogens is 254 g/mol. The first-order chi connectivity index (χ1) is 9.11. The number of thiophene rings is 1. The smallest absolute Gasteiger partial charge is 0.123 e. The molecule has 1 aromatic carbocycles. The van der Waals surface area contributed by atoms with Gasteiger partial charge < -0.3 is 10.1 Å². The highest BCUT2D eigenvalue weighted by atomic mass is 32.1. The lowest BCUT2D eigenvalue weighted by molar-refractivity contribution is 0.406. The van der Waals surface area contributed by atoms with Crippen LogP contribution in [0.4, 0.5) is 0 Å². The lowest BCUT2D eigenvalue weighted by atomic mass is 10.1. The maximum atomic E-state index is 5.37. The van der Waals surface area contributed by atoms with Gasteiger partial charge in [0, 0.05) is 27.9 Å². The monoisotopic (exact) mass is 275 g/mol. The summed E-state index contributed by atoms with van der Waals surface area (Å²) in [5, 5.41) is 3.57. The van der Waals surface area contributed by atoms with Gasteiger partial charge in [-0.25, -0.2) is 0 Å². The summed E-state index contributed by atoms with van der Waals surface area (Å²) in [4.78, 5) is 2.77. The molecule has 0 fully saturated rings. The van der Waals surface area contributed by atoms with Gasteiger partial charge in [0.25, 0.3) is 0 Å². The number of nitrogens with one attached hydrogen (secondary N) is 1. The fourth-order valence-corrected chi connectivity index (χ4v) is 3.32. The molecule has 1 atom stereocenters.